The van der Waals surface area contributed by atoms with E-state index in [1.807, 2.05) is 0 Å². The van der Waals surface area contributed by atoms with Gasteiger partial charge in [-0.25, -0.2) is 23.5 Å². The molecule has 0 unspecified atom stereocenters. The van der Waals surface area contributed by atoms with Crippen LogP contribution in [-0.2, 0) is 22.2 Å². The van der Waals surface area contributed by atoms with Crippen LogP contribution >= 0.6 is 0 Å². The summed E-state index contributed by atoms with van der Waals surface area (Å²) in [6.07, 6.45) is 4.29. The number of anilines is 1. The molecular formula is C21H28N6O3S. The number of piperazine rings is 1. The Hall–Kier alpha value is -2.69. The molecule has 4 rings (SSSR count). The molecule has 0 amide bonds. The molecule has 0 spiro atoms. The van der Waals surface area contributed by atoms with Crippen molar-refractivity contribution < 1.29 is 24.1 Å². The Labute approximate surface area is 193 Å². The van der Waals surface area contributed by atoms with Crippen LogP contribution in [0.3, 0.4) is 0 Å². The lowest BCUT2D eigenvalue weighted by molar-refractivity contribution is 0.253. The first-order valence-electron chi connectivity index (χ1n) is 13.5. The standard InChI is InChI=1S/C21H28N6O3S/c1-30-20-13-23-15-25-21(20)27-9-7-26(8-10-27)6-2-3-17-12-24-19-5-4-16(11-18(17)19)14-31(22,28)29/h4-5,11-13,15,24H,2-3,6-10,14H2,1H3,(H2,22,28,29)/i7D2,8D2,9D2,10D2. The molecule has 1 aliphatic heterocycles. The number of H-pyrrole nitrogens is 1. The zero-order valence-electron chi connectivity index (χ0n) is 24.8. The molecule has 3 aromatic rings. The monoisotopic (exact) mass is 452 g/mol. The van der Waals surface area contributed by atoms with Crippen molar-refractivity contribution in [2.24, 2.45) is 5.14 Å². The van der Waals surface area contributed by atoms with Crippen LogP contribution in [0.15, 0.2) is 36.9 Å². The van der Waals surface area contributed by atoms with Crippen molar-refractivity contribution in [3.05, 3.63) is 48.0 Å². The predicted molar refractivity (Wildman–Crippen MR) is 121 cm³/mol. The highest BCUT2D eigenvalue weighted by Gasteiger charge is 2.20. The first kappa shape index (κ1) is 13.7. The van der Waals surface area contributed by atoms with Crippen LogP contribution in [0.2, 0.25) is 0 Å². The highest BCUT2D eigenvalue weighted by atomic mass is 32.2. The van der Waals surface area contributed by atoms with Gasteiger partial charge in [-0.3, -0.25) is 4.90 Å². The number of hydrogen-bond acceptors (Lipinski definition) is 7. The molecule has 0 atom stereocenters. The second-order valence-corrected chi connectivity index (χ2v) is 8.57. The van der Waals surface area contributed by atoms with Crippen molar-refractivity contribution in [2.45, 2.75) is 18.6 Å². The minimum atomic E-state index is -3.74. The third-order valence-corrected chi connectivity index (χ3v) is 5.45. The van der Waals surface area contributed by atoms with Crippen LogP contribution in [-0.4, -0.2) is 67.9 Å². The van der Waals surface area contributed by atoms with Gasteiger partial charge in [-0.05, 0) is 42.6 Å². The molecule has 1 saturated heterocycles. The van der Waals surface area contributed by atoms with Crippen LogP contribution in [0.5, 0.6) is 5.75 Å². The Bertz CT molecular complexity index is 1460. The maximum atomic E-state index is 11.5. The number of aryl methyl sites for hydroxylation is 1. The van der Waals surface area contributed by atoms with E-state index in [1.165, 1.54) is 7.11 Å². The van der Waals surface area contributed by atoms with Gasteiger partial charge in [-0.2, -0.15) is 0 Å². The van der Waals surface area contributed by atoms with E-state index in [-0.39, 0.29) is 30.9 Å². The Balaban J connectivity index is 1.63. The molecule has 1 aromatic carbocycles. The molecule has 0 radical (unpaired) electrons. The Morgan fingerprint density at radius 1 is 1.29 bits per heavy atom. The molecule has 3 heterocycles. The van der Waals surface area contributed by atoms with Crippen molar-refractivity contribution in [3.63, 3.8) is 0 Å². The minimum absolute atomic E-state index is 0.133. The Kier molecular flexibility index (Phi) is 4.06. The fourth-order valence-electron chi connectivity index (χ4n) is 3.30. The van der Waals surface area contributed by atoms with Gasteiger partial charge in [0.05, 0.1) is 24.5 Å². The third-order valence-electron chi connectivity index (χ3n) is 4.71. The maximum absolute atomic E-state index is 11.5. The van der Waals surface area contributed by atoms with Gasteiger partial charge in [-0.15, -0.1) is 0 Å². The number of nitrogens with one attached hydrogen (secondary N) is 1. The van der Waals surface area contributed by atoms with Crippen molar-refractivity contribution in [1.82, 2.24) is 19.9 Å². The van der Waals surface area contributed by atoms with Crippen molar-refractivity contribution in [2.75, 3.05) is 44.5 Å². The van der Waals surface area contributed by atoms with E-state index in [2.05, 4.69) is 15.0 Å². The van der Waals surface area contributed by atoms with E-state index in [0.717, 1.165) is 23.6 Å². The van der Waals surface area contributed by atoms with Crippen molar-refractivity contribution in [1.29, 1.82) is 0 Å². The summed E-state index contributed by atoms with van der Waals surface area (Å²) in [4.78, 5) is 11.6. The van der Waals surface area contributed by atoms with E-state index in [0.29, 0.717) is 20.7 Å². The number of rotatable bonds is 8. The van der Waals surface area contributed by atoms with Gasteiger partial charge in [-0.1, -0.05) is 6.07 Å². The van der Waals surface area contributed by atoms with Crippen LogP contribution in [0.25, 0.3) is 10.9 Å². The summed E-state index contributed by atoms with van der Waals surface area (Å²) in [5.41, 5.74) is 1.96. The molecule has 2 aromatic heterocycles. The number of ether oxygens (including phenoxy) is 1. The number of nitrogens with zero attached hydrogens (tertiary/aromatic N) is 4. The third kappa shape index (κ3) is 5.33. The van der Waals surface area contributed by atoms with Crippen LogP contribution in [0, 0.1) is 0 Å². The molecule has 166 valence electrons. The SMILES string of the molecule is [2H]C1([2H])N(CCCc2c[nH]c3ccc(CS(N)(=O)=O)cc23)C([2H])([2H])C([2H])([2H])N(c2ncncc2OC)C1([2H])[2H]. The van der Waals surface area contributed by atoms with Crippen LogP contribution in [0.4, 0.5) is 5.82 Å². The summed E-state index contributed by atoms with van der Waals surface area (Å²) in [6, 6.07) is 5.02. The molecule has 1 fully saturated rings. The molecule has 0 aliphatic carbocycles. The van der Waals surface area contributed by atoms with Crippen LogP contribution in [0.1, 0.15) is 28.5 Å². The Morgan fingerprint density at radius 2 is 2.10 bits per heavy atom. The van der Waals surface area contributed by atoms with Gasteiger partial charge in [0.25, 0.3) is 0 Å². The number of aromatic nitrogens is 3. The number of methoxy groups -OCH3 is 1. The van der Waals surface area contributed by atoms with Crippen molar-refractivity contribution in [3.8, 4) is 5.75 Å². The Morgan fingerprint density at radius 3 is 2.84 bits per heavy atom. The molecule has 9 nitrogen and oxygen atoms in total. The molecule has 0 saturated carbocycles. The number of nitrogens with two attached hydrogens (primary N) is 1. The first-order chi connectivity index (χ1) is 17.9. The van der Waals surface area contributed by atoms with Gasteiger partial charge < -0.3 is 14.6 Å². The molecule has 3 N–H and O–H groups in total. The maximum Gasteiger partial charge on any atom is 0.213 e. The quantitative estimate of drug-likeness (QED) is 0.532. The summed E-state index contributed by atoms with van der Waals surface area (Å²) in [5.74, 6) is -0.921. The number of aromatic amines is 1. The van der Waals surface area contributed by atoms with E-state index < -0.39 is 41.8 Å². The summed E-state index contributed by atoms with van der Waals surface area (Å²) >= 11 is 0. The normalized spacial score (nSPS) is 25.8. The number of primary sulfonamides is 1. The zero-order valence-corrected chi connectivity index (χ0v) is 17.6. The predicted octanol–water partition coefficient (Wildman–Crippen LogP) is 1.51. The lowest BCUT2D eigenvalue weighted by atomic mass is 10.1. The summed E-state index contributed by atoms with van der Waals surface area (Å²) in [6.45, 7) is -12.5. The van der Waals surface area contributed by atoms with Gasteiger partial charge in [0.1, 0.15) is 6.33 Å². The summed E-state index contributed by atoms with van der Waals surface area (Å²) in [5, 5.41) is 5.87. The highest BCUT2D eigenvalue weighted by Crippen LogP contribution is 2.25. The fourth-order valence-corrected chi connectivity index (χ4v) is 3.94. The molecular weight excluding hydrogens is 416 g/mol. The number of benzene rings is 1. The average Bonchev–Trinajstić information content (AvgIpc) is 3.21. The van der Waals surface area contributed by atoms with Crippen molar-refractivity contribution >= 4 is 26.7 Å². The van der Waals surface area contributed by atoms with E-state index in [4.69, 9.17) is 20.8 Å². The summed E-state index contributed by atoms with van der Waals surface area (Å²) in [7, 11) is -2.51. The number of fused-ring (bicyclic) bond motifs is 1. The minimum Gasteiger partial charge on any atom is -0.491 e. The fraction of sp³-hybridized carbons (Fsp3) is 0.429. The van der Waals surface area contributed by atoms with Gasteiger partial charge in [0, 0.05) is 48.6 Å². The second kappa shape index (κ2) is 9.21. The van der Waals surface area contributed by atoms with Gasteiger partial charge in [0.2, 0.25) is 10.0 Å². The molecule has 0 bridgehead atoms. The largest absolute Gasteiger partial charge is 0.491 e. The lowest BCUT2D eigenvalue weighted by Crippen LogP contribution is -2.47. The summed E-state index contributed by atoms with van der Waals surface area (Å²) < 4.78 is 97.1. The first-order valence-corrected chi connectivity index (χ1v) is 11.2. The number of sulfonamides is 1. The highest BCUT2D eigenvalue weighted by molar-refractivity contribution is 7.88. The van der Waals surface area contributed by atoms with Crippen LogP contribution < -0.4 is 14.8 Å². The lowest BCUT2D eigenvalue weighted by Gasteiger charge is -2.35. The van der Waals surface area contributed by atoms with Gasteiger partial charge in [0.15, 0.2) is 11.6 Å². The van der Waals surface area contributed by atoms with Gasteiger partial charge >= 0.3 is 0 Å². The topological polar surface area (TPSA) is 117 Å². The molecule has 10 heteroatoms. The number of hydrogen-bond donors (Lipinski definition) is 2. The average molecular weight is 453 g/mol. The smallest absolute Gasteiger partial charge is 0.213 e. The van der Waals surface area contributed by atoms with E-state index in [1.54, 1.807) is 24.4 Å². The second-order valence-electron chi connectivity index (χ2n) is 6.95. The molecule has 31 heavy (non-hydrogen) atoms. The van der Waals surface area contributed by atoms with E-state index in [9.17, 15) is 8.42 Å². The molecule has 1 aliphatic rings. The van der Waals surface area contributed by atoms with E-state index >= 15 is 0 Å². The zero-order chi connectivity index (χ0) is 29.0.